The summed E-state index contributed by atoms with van der Waals surface area (Å²) in [5.41, 5.74) is 0. The van der Waals surface area contributed by atoms with Crippen LogP contribution in [0.15, 0.2) is 36.5 Å². The number of hydrogen-bond acceptors (Lipinski definition) is 11. The van der Waals surface area contributed by atoms with E-state index in [0.29, 0.717) is 12.8 Å². The van der Waals surface area contributed by atoms with Crippen LogP contribution in [0.1, 0.15) is 213 Å². The summed E-state index contributed by atoms with van der Waals surface area (Å²) in [6, 6.07) is -1.12. The van der Waals surface area contributed by atoms with Crippen LogP contribution in [0, 0.1) is 0 Å². The van der Waals surface area contributed by atoms with Crippen LogP contribution in [0.2, 0.25) is 0 Å². The first-order chi connectivity index (χ1) is 30.9. The van der Waals surface area contributed by atoms with Crippen molar-refractivity contribution >= 4 is 16.3 Å². The van der Waals surface area contributed by atoms with E-state index >= 15 is 0 Å². The normalized spacial score (nSPS) is 21.0. The van der Waals surface area contributed by atoms with E-state index < -0.39 is 78.5 Å². The summed E-state index contributed by atoms with van der Waals surface area (Å²) in [5.74, 6) is -0.706. The minimum atomic E-state index is -5.12. The fraction of sp³-hybridized carbons (Fsp3) is 0.860. The Morgan fingerprint density at radius 2 is 1.06 bits per heavy atom. The summed E-state index contributed by atoms with van der Waals surface area (Å²) in [5, 5.41) is 55.4. The second-order valence-corrected chi connectivity index (χ2v) is 19.0. The number of amides is 1. The fourth-order valence-corrected chi connectivity index (χ4v) is 8.49. The Labute approximate surface area is 388 Å². The number of aliphatic hydroxyl groups is 5. The smallest absolute Gasteiger partial charge is 0.394 e. The van der Waals surface area contributed by atoms with Crippen molar-refractivity contribution < 1.29 is 57.0 Å². The average molecular weight is 932 g/mol. The first-order valence-corrected chi connectivity index (χ1v) is 26.9. The molecule has 0 spiro atoms. The highest BCUT2D eigenvalue weighted by atomic mass is 32.3. The van der Waals surface area contributed by atoms with E-state index in [4.69, 9.17) is 9.47 Å². The molecule has 1 amide bonds. The summed E-state index contributed by atoms with van der Waals surface area (Å²) < 4.78 is 47.6. The van der Waals surface area contributed by atoms with Crippen molar-refractivity contribution in [3.05, 3.63) is 36.5 Å². The first-order valence-electron chi connectivity index (χ1n) is 25.5. The molecular weight excluding hydrogens is 839 g/mol. The maximum absolute atomic E-state index is 13.1. The molecule has 64 heavy (non-hydrogen) atoms. The van der Waals surface area contributed by atoms with E-state index in [0.717, 1.165) is 57.8 Å². The molecule has 14 heteroatoms. The van der Waals surface area contributed by atoms with E-state index in [-0.39, 0.29) is 6.42 Å². The molecule has 1 saturated heterocycles. The monoisotopic (exact) mass is 932 g/mol. The van der Waals surface area contributed by atoms with Gasteiger partial charge in [-0.2, -0.15) is 8.42 Å². The zero-order chi connectivity index (χ0) is 47.1. The summed E-state index contributed by atoms with van der Waals surface area (Å²) >= 11 is 0. The number of hydrogen-bond donors (Lipinski definition) is 7. The molecule has 0 aromatic heterocycles. The molecule has 1 fully saturated rings. The molecule has 1 aliphatic rings. The highest BCUT2D eigenvalue weighted by Crippen LogP contribution is 2.26. The second-order valence-electron chi connectivity index (χ2n) is 17.9. The Balaban J connectivity index is 2.53. The van der Waals surface area contributed by atoms with Gasteiger partial charge in [0.1, 0.15) is 30.5 Å². The number of carbonyl (C=O) groups is 1. The Hall–Kier alpha value is -1.72. The predicted molar refractivity (Wildman–Crippen MR) is 256 cm³/mol. The Morgan fingerprint density at radius 3 is 1.53 bits per heavy atom. The standard InChI is InChI=1S/C50H93NO12S/c1-3-5-7-9-11-13-15-17-19-21-23-25-27-29-31-33-35-37-39-44(54)49(57)51-42(41-61-50-47(56)48(63-64(58,59)60)46(55)45(40-52)62-50)43(53)38-36-34-32-30-28-26-24-22-20-18-16-14-12-10-8-6-4-2/h11,13,15,17,36,38,42-48,50,52-56H,3-10,12,14,16,18-35,37,39-41H2,1-2H3,(H,51,57)(H,58,59,60)/b13-11-,17-15-,38-36+. The van der Waals surface area contributed by atoms with Gasteiger partial charge in [0, 0.05) is 0 Å². The van der Waals surface area contributed by atoms with Crippen LogP contribution >= 0.6 is 0 Å². The number of ether oxygens (including phenoxy) is 2. The molecule has 0 aromatic rings. The van der Waals surface area contributed by atoms with Gasteiger partial charge in [0.2, 0.25) is 5.91 Å². The maximum atomic E-state index is 13.1. The quantitative estimate of drug-likeness (QED) is 0.0132. The number of nitrogens with one attached hydrogen (secondary N) is 1. The van der Waals surface area contributed by atoms with E-state index in [2.05, 4.69) is 47.7 Å². The van der Waals surface area contributed by atoms with Crippen molar-refractivity contribution in [2.45, 2.75) is 262 Å². The molecule has 8 unspecified atom stereocenters. The summed E-state index contributed by atoms with van der Waals surface area (Å²) in [7, 11) is -5.12. The fourth-order valence-electron chi connectivity index (χ4n) is 7.98. The van der Waals surface area contributed by atoms with Crippen molar-refractivity contribution in [1.82, 2.24) is 5.32 Å². The second kappa shape index (κ2) is 40.4. The van der Waals surface area contributed by atoms with Crippen LogP contribution in [0.5, 0.6) is 0 Å². The lowest BCUT2D eigenvalue weighted by Crippen LogP contribution is -2.61. The van der Waals surface area contributed by atoms with Crippen LogP contribution in [-0.4, -0.2) is 107 Å². The van der Waals surface area contributed by atoms with Gasteiger partial charge in [-0.15, -0.1) is 0 Å². The van der Waals surface area contributed by atoms with Crippen LogP contribution in [-0.2, 0) is 28.9 Å². The number of unbranched alkanes of at least 4 members (excludes halogenated alkanes) is 27. The van der Waals surface area contributed by atoms with Gasteiger partial charge in [0.05, 0.1) is 25.4 Å². The largest absolute Gasteiger partial charge is 0.397 e. The van der Waals surface area contributed by atoms with Gasteiger partial charge in [0.15, 0.2) is 6.29 Å². The molecule has 0 aromatic carbocycles. The molecule has 0 radical (unpaired) electrons. The predicted octanol–water partition coefficient (Wildman–Crippen LogP) is 9.64. The van der Waals surface area contributed by atoms with Gasteiger partial charge < -0.3 is 40.3 Å². The number of rotatable bonds is 43. The maximum Gasteiger partial charge on any atom is 0.397 e. The number of aliphatic hydroxyl groups excluding tert-OH is 5. The van der Waals surface area contributed by atoms with Crippen LogP contribution in [0.4, 0.5) is 0 Å². The van der Waals surface area contributed by atoms with Gasteiger partial charge >= 0.3 is 10.4 Å². The summed E-state index contributed by atoms with van der Waals surface area (Å²) in [4.78, 5) is 13.1. The molecule has 1 rings (SSSR count). The van der Waals surface area contributed by atoms with Crippen molar-refractivity contribution in [2.75, 3.05) is 13.2 Å². The van der Waals surface area contributed by atoms with Gasteiger partial charge in [-0.3, -0.25) is 9.35 Å². The molecule has 1 heterocycles. The third-order valence-electron chi connectivity index (χ3n) is 12.1. The van der Waals surface area contributed by atoms with E-state index in [1.807, 2.05) is 6.08 Å². The topological polar surface area (TPSA) is 212 Å². The van der Waals surface area contributed by atoms with Gasteiger partial charge in [0.25, 0.3) is 0 Å². The zero-order valence-corrected chi connectivity index (χ0v) is 40.8. The highest BCUT2D eigenvalue weighted by Gasteiger charge is 2.48. The molecule has 7 N–H and O–H groups in total. The summed E-state index contributed by atoms with van der Waals surface area (Å²) in [6.45, 7) is 3.20. The minimum absolute atomic E-state index is 0.237. The van der Waals surface area contributed by atoms with E-state index in [1.54, 1.807) is 6.08 Å². The Kier molecular flexibility index (Phi) is 38.0. The number of carbonyl (C=O) groups excluding carboxylic acids is 1. The first kappa shape index (κ1) is 60.3. The average Bonchev–Trinajstić information content (AvgIpc) is 3.27. The van der Waals surface area contributed by atoms with Gasteiger partial charge in [-0.1, -0.05) is 204 Å². The van der Waals surface area contributed by atoms with Crippen molar-refractivity contribution in [1.29, 1.82) is 0 Å². The molecule has 0 saturated carbocycles. The molecule has 0 bridgehead atoms. The van der Waals surface area contributed by atoms with Crippen LogP contribution in [0.25, 0.3) is 0 Å². The van der Waals surface area contributed by atoms with Crippen molar-refractivity contribution in [3.63, 3.8) is 0 Å². The summed E-state index contributed by atoms with van der Waals surface area (Å²) in [6.07, 6.45) is 36.4. The molecule has 13 nitrogen and oxygen atoms in total. The van der Waals surface area contributed by atoms with Gasteiger partial charge in [-0.05, 0) is 44.9 Å². The Morgan fingerprint density at radius 1 is 0.641 bits per heavy atom. The number of allylic oxidation sites excluding steroid dienone is 5. The Bertz CT molecular complexity index is 1300. The SMILES string of the molecule is CCCCC/C=C\C=C/CCCCCCCCCCCC(O)C(=O)NC(COC1OC(CO)C(O)C(OS(=O)(=O)O)C1O)C(O)/C=C/CCCCCCCCCCCCCCCCC. The molecule has 376 valence electrons. The van der Waals surface area contributed by atoms with E-state index in [9.17, 15) is 43.3 Å². The molecule has 0 aliphatic carbocycles. The third-order valence-corrected chi connectivity index (χ3v) is 12.5. The molecule has 1 aliphatic heterocycles. The highest BCUT2D eigenvalue weighted by molar-refractivity contribution is 7.80. The lowest BCUT2D eigenvalue weighted by atomic mass is 9.99. The van der Waals surface area contributed by atoms with Crippen molar-refractivity contribution in [3.8, 4) is 0 Å². The van der Waals surface area contributed by atoms with E-state index in [1.165, 1.54) is 122 Å². The van der Waals surface area contributed by atoms with Crippen molar-refractivity contribution in [2.24, 2.45) is 0 Å². The van der Waals surface area contributed by atoms with Gasteiger partial charge in [-0.25, -0.2) is 4.18 Å². The van der Waals surface area contributed by atoms with Crippen LogP contribution < -0.4 is 5.32 Å². The molecular formula is C50H93NO12S. The lowest BCUT2D eigenvalue weighted by molar-refractivity contribution is -0.298. The van der Waals surface area contributed by atoms with Crippen LogP contribution in [0.3, 0.4) is 0 Å². The lowest BCUT2D eigenvalue weighted by Gasteiger charge is -2.41. The minimum Gasteiger partial charge on any atom is -0.394 e. The molecule has 8 atom stereocenters. The zero-order valence-electron chi connectivity index (χ0n) is 40.0. The third kappa shape index (κ3) is 32.1.